The Hall–Kier alpha value is -1.37. The maximum absolute atomic E-state index is 10.6. The van der Waals surface area contributed by atoms with E-state index in [9.17, 15) is 4.79 Å². The largest absolute Gasteiger partial charge is 0.303 e. The Labute approximate surface area is 90.8 Å². The second-order valence-electron chi connectivity index (χ2n) is 4.82. The minimum atomic E-state index is 0.156. The molecule has 2 rings (SSSR count). The average Bonchev–Trinajstić information content (AvgIpc) is 2.17. The van der Waals surface area contributed by atoms with Crippen LogP contribution in [0.15, 0.2) is 29.8 Å². The summed E-state index contributed by atoms with van der Waals surface area (Å²) in [5, 5.41) is 0. The molecule has 0 bridgehead atoms. The van der Waals surface area contributed by atoms with Gasteiger partial charge in [0.25, 0.3) is 0 Å². The van der Waals surface area contributed by atoms with Crippen molar-refractivity contribution in [3.63, 3.8) is 0 Å². The molecule has 0 N–H and O–H groups in total. The van der Waals surface area contributed by atoms with Crippen LogP contribution in [0.2, 0.25) is 0 Å². The Morgan fingerprint density at radius 2 is 2.07 bits per heavy atom. The molecule has 0 radical (unpaired) electrons. The van der Waals surface area contributed by atoms with Gasteiger partial charge in [-0.05, 0) is 23.0 Å². The van der Waals surface area contributed by atoms with Gasteiger partial charge in [-0.15, -0.1) is 0 Å². The first-order valence-electron chi connectivity index (χ1n) is 5.36. The molecule has 0 saturated heterocycles. The predicted molar refractivity (Wildman–Crippen MR) is 62.7 cm³/mol. The molecule has 1 aliphatic carbocycles. The molecule has 0 fully saturated rings. The van der Waals surface area contributed by atoms with Crippen LogP contribution in [0.25, 0.3) is 6.08 Å². The molecule has 0 amide bonds. The Kier molecular flexibility index (Phi) is 2.47. The van der Waals surface area contributed by atoms with E-state index in [1.54, 1.807) is 0 Å². The predicted octanol–water partition coefficient (Wildman–Crippen LogP) is 3.34. The number of carbonyl (C=O) groups is 1. The van der Waals surface area contributed by atoms with Crippen LogP contribution in [-0.4, -0.2) is 6.29 Å². The fourth-order valence-electron chi connectivity index (χ4n) is 2.41. The molecule has 1 aliphatic rings. The number of allylic oxidation sites excluding steroid dienone is 1. The third kappa shape index (κ3) is 1.87. The number of rotatable bonds is 2. The summed E-state index contributed by atoms with van der Waals surface area (Å²) in [6.07, 6.45) is 4.71. The molecule has 0 saturated carbocycles. The summed E-state index contributed by atoms with van der Waals surface area (Å²) >= 11 is 0. The number of benzene rings is 1. The third-order valence-electron chi connectivity index (χ3n) is 3.06. The molecular weight excluding hydrogens is 184 g/mol. The quantitative estimate of drug-likeness (QED) is 0.669. The fraction of sp³-hybridized carbons (Fsp3) is 0.357. The van der Waals surface area contributed by atoms with E-state index in [2.05, 4.69) is 44.2 Å². The minimum absolute atomic E-state index is 0.156. The lowest BCUT2D eigenvalue weighted by atomic mass is 9.72. The normalized spacial score (nSPS) is 17.9. The van der Waals surface area contributed by atoms with Crippen molar-refractivity contribution in [2.24, 2.45) is 0 Å². The second kappa shape index (κ2) is 3.65. The lowest BCUT2D eigenvalue weighted by Crippen LogP contribution is -2.22. The van der Waals surface area contributed by atoms with Gasteiger partial charge >= 0.3 is 0 Å². The lowest BCUT2D eigenvalue weighted by molar-refractivity contribution is -0.107. The van der Waals surface area contributed by atoms with Crippen LogP contribution in [0.1, 0.15) is 37.8 Å². The van der Waals surface area contributed by atoms with Crippen LogP contribution in [0.4, 0.5) is 0 Å². The first kappa shape index (κ1) is 10.2. The molecule has 0 aliphatic heterocycles. The highest BCUT2D eigenvalue weighted by molar-refractivity contribution is 5.67. The van der Waals surface area contributed by atoms with Crippen molar-refractivity contribution in [1.82, 2.24) is 0 Å². The summed E-state index contributed by atoms with van der Waals surface area (Å²) in [4.78, 5) is 10.6. The number of fused-ring (bicyclic) bond motifs is 1. The topological polar surface area (TPSA) is 17.1 Å². The molecule has 0 atom stereocenters. The van der Waals surface area contributed by atoms with E-state index in [-0.39, 0.29) is 5.41 Å². The summed E-state index contributed by atoms with van der Waals surface area (Å²) < 4.78 is 0. The average molecular weight is 200 g/mol. The molecule has 0 aromatic heterocycles. The molecule has 1 heteroatoms. The molecule has 0 heterocycles. The minimum Gasteiger partial charge on any atom is -0.303 e. The van der Waals surface area contributed by atoms with Crippen molar-refractivity contribution >= 4 is 12.4 Å². The van der Waals surface area contributed by atoms with E-state index in [1.807, 2.05) is 0 Å². The fourth-order valence-corrected chi connectivity index (χ4v) is 2.41. The highest BCUT2D eigenvalue weighted by atomic mass is 16.1. The van der Waals surface area contributed by atoms with Gasteiger partial charge in [-0.3, -0.25) is 0 Å². The van der Waals surface area contributed by atoms with Gasteiger partial charge in [-0.1, -0.05) is 49.8 Å². The molecular formula is C14H16O. The lowest BCUT2D eigenvalue weighted by Gasteiger charge is -2.32. The molecule has 1 aromatic rings. The van der Waals surface area contributed by atoms with Crippen LogP contribution in [0.3, 0.4) is 0 Å². The van der Waals surface area contributed by atoms with Gasteiger partial charge in [0.05, 0.1) is 0 Å². The third-order valence-corrected chi connectivity index (χ3v) is 3.06. The van der Waals surface area contributed by atoms with Gasteiger partial charge in [0.15, 0.2) is 0 Å². The first-order valence-corrected chi connectivity index (χ1v) is 5.36. The smallest absolute Gasteiger partial charge is 0.124 e. The number of carbonyl (C=O) groups excluding carboxylic acids is 1. The summed E-state index contributed by atoms with van der Waals surface area (Å²) in [5.74, 6) is 0. The molecule has 78 valence electrons. The standard InChI is InChI=1S/C14H16O/c1-14(2)10-11(7-8-15)9-12-5-3-4-6-13(12)14/h3-6,8-9H,7,10H2,1-2H3. The Morgan fingerprint density at radius 3 is 2.80 bits per heavy atom. The summed E-state index contributed by atoms with van der Waals surface area (Å²) in [5.41, 5.74) is 4.06. The van der Waals surface area contributed by atoms with Crippen molar-refractivity contribution in [3.05, 3.63) is 41.0 Å². The SMILES string of the molecule is CC1(C)CC(CC=O)=Cc2ccccc21. The van der Waals surface area contributed by atoms with E-state index < -0.39 is 0 Å². The second-order valence-corrected chi connectivity index (χ2v) is 4.82. The van der Waals surface area contributed by atoms with Crippen LogP contribution in [0.5, 0.6) is 0 Å². The Morgan fingerprint density at radius 1 is 1.33 bits per heavy atom. The van der Waals surface area contributed by atoms with Gasteiger partial charge in [-0.2, -0.15) is 0 Å². The number of aldehydes is 1. The van der Waals surface area contributed by atoms with E-state index >= 15 is 0 Å². The van der Waals surface area contributed by atoms with E-state index in [0.717, 1.165) is 12.7 Å². The van der Waals surface area contributed by atoms with Gasteiger partial charge in [0, 0.05) is 6.42 Å². The highest BCUT2D eigenvalue weighted by Gasteiger charge is 2.27. The monoisotopic (exact) mass is 200 g/mol. The van der Waals surface area contributed by atoms with Crippen molar-refractivity contribution in [1.29, 1.82) is 0 Å². The van der Waals surface area contributed by atoms with Gasteiger partial charge < -0.3 is 4.79 Å². The Bertz CT molecular complexity index is 413. The van der Waals surface area contributed by atoms with Crippen LogP contribution < -0.4 is 0 Å². The zero-order valence-corrected chi connectivity index (χ0v) is 9.29. The maximum atomic E-state index is 10.6. The zero-order valence-electron chi connectivity index (χ0n) is 9.29. The molecule has 1 nitrogen and oxygen atoms in total. The van der Waals surface area contributed by atoms with E-state index in [4.69, 9.17) is 0 Å². The molecule has 0 spiro atoms. The number of hydrogen-bond donors (Lipinski definition) is 0. The first-order chi connectivity index (χ1) is 7.13. The van der Waals surface area contributed by atoms with Crippen molar-refractivity contribution < 1.29 is 4.79 Å². The molecule has 15 heavy (non-hydrogen) atoms. The Balaban J connectivity index is 2.48. The van der Waals surface area contributed by atoms with Gasteiger partial charge in [-0.25, -0.2) is 0 Å². The van der Waals surface area contributed by atoms with Crippen LogP contribution >= 0.6 is 0 Å². The van der Waals surface area contributed by atoms with E-state index in [1.165, 1.54) is 16.7 Å². The summed E-state index contributed by atoms with van der Waals surface area (Å²) in [7, 11) is 0. The van der Waals surface area contributed by atoms with E-state index in [0.29, 0.717) is 6.42 Å². The highest BCUT2D eigenvalue weighted by Crippen LogP contribution is 2.38. The van der Waals surface area contributed by atoms with Crippen molar-refractivity contribution in [3.8, 4) is 0 Å². The van der Waals surface area contributed by atoms with Crippen LogP contribution in [0, 0.1) is 0 Å². The summed E-state index contributed by atoms with van der Waals surface area (Å²) in [6, 6.07) is 8.44. The van der Waals surface area contributed by atoms with Crippen molar-refractivity contribution in [2.75, 3.05) is 0 Å². The summed E-state index contributed by atoms with van der Waals surface area (Å²) in [6.45, 7) is 4.48. The molecule has 1 aromatic carbocycles. The van der Waals surface area contributed by atoms with Gasteiger partial charge in [0.1, 0.15) is 6.29 Å². The zero-order chi connectivity index (χ0) is 10.9. The molecule has 0 unspecified atom stereocenters. The van der Waals surface area contributed by atoms with Crippen molar-refractivity contribution in [2.45, 2.75) is 32.1 Å². The van der Waals surface area contributed by atoms with Gasteiger partial charge in [0.2, 0.25) is 0 Å². The number of hydrogen-bond acceptors (Lipinski definition) is 1. The van der Waals surface area contributed by atoms with Crippen LogP contribution in [-0.2, 0) is 10.2 Å². The maximum Gasteiger partial charge on any atom is 0.124 e.